The van der Waals surface area contributed by atoms with Gasteiger partial charge in [-0.05, 0) is 23.3 Å². The highest BCUT2D eigenvalue weighted by molar-refractivity contribution is 7.93. The molecule has 1 aromatic heterocycles. The highest BCUT2D eigenvalue weighted by atomic mass is 32.2. The molecule has 35 heavy (non-hydrogen) atoms. The van der Waals surface area contributed by atoms with E-state index in [4.69, 9.17) is 18.9 Å². The summed E-state index contributed by atoms with van der Waals surface area (Å²) in [5.41, 5.74) is 1.71. The van der Waals surface area contributed by atoms with Gasteiger partial charge in [0.05, 0.1) is 39.6 Å². The summed E-state index contributed by atoms with van der Waals surface area (Å²) >= 11 is -1.42. The number of benzene rings is 2. The van der Waals surface area contributed by atoms with Gasteiger partial charge >= 0.3 is 0 Å². The number of aliphatic carboxylic acids is 1. The van der Waals surface area contributed by atoms with Gasteiger partial charge in [-0.2, -0.15) is 4.57 Å². The molecule has 8 nitrogen and oxygen atoms in total. The van der Waals surface area contributed by atoms with Crippen LogP contribution in [0.25, 0.3) is 6.08 Å². The van der Waals surface area contributed by atoms with E-state index >= 15 is 0 Å². The van der Waals surface area contributed by atoms with Gasteiger partial charge in [-0.3, -0.25) is 0 Å². The van der Waals surface area contributed by atoms with Crippen LogP contribution in [-0.2, 0) is 21.7 Å². The molecule has 3 rings (SSSR count). The summed E-state index contributed by atoms with van der Waals surface area (Å²) in [6.07, 6.45) is 4.95. The number of aromatic nitrogens is 1. The Bertz CT molecular complexity index is 1160. The van der Waals surface area contributed by atoms with Crippen LogP contribution < -0.4 is 28.6 Å². The van der Waals surface area contributed by atoms with Crippen LogP contribution in [0.2, 0.25) is 0 Å². The van der Waals surface area contributed by atoms with Crippen molar-refractivity contribution in [2.45, 2.75) is 11.8 Å². The van der Waals surface area contributed by atoms with Crippen molar-refractivity contribution in [1.82, 2.24) is 0 Å². The lowest BCUT2D eigenvalue weighted by molar-refractivity contribution is -0.707. The molecule has 1 heterocycles. The molecule has 3 aromatic rings. The molecule has 0 fully saturated rings. The zero-order valence-corrected chi connectivity index (χ0v) is 20.7. The van der Waals surface area contributed by atoms with Crippen LogP contribution in [0.5, 0.6) is 23.0 Å². The third-order valence-electron chi connectivity index (χ3n) is 5.30. The first-order valence-corrected chi connectivity index (χ1v) is 12.0. The maximum Gasteiger partial charge on any atom is 0.226 e. The van der Waals surface area contributed by atoms with E-state index in [2.05, 4.69) is 0 Å². The molecule has 0 radical (unpaired) electrons. The fourth-order valence-corrected chi connectivity index (χ4v) is 4.53. The van der Waals surface area contributed by atoms with Gasteiger partial charge in [0, 0.05) is 35.9 Å². The fourth-order valence-electron chi connectivity index (χ4n) is 3.63. The number of carboxylic acid groups (broad SMARTS) is 1. The molecule has 9 heteroatoms. The maximum atomic E-state index is 12.9. The number of methoxy groups -OCH3 is 4. The minimum atomic E-state index is -1.42. The first-order valence-electron chi connectivity index (χ1n) is 10.6. The van der Waals surface area contributed by atoms with Gasteiger partial charge in [-0.1, -0.05) is 12.1 Å². The zero-order valence-electron chi connectivity index (χ0n) is 19.9. The van der Waals surface area contributed by atoms with Crippen molar-refractivity contribution in [2.75, 3.05) is 28.4 Å². The van der Waals surface area contributed by atoms with Crippen molar-refractivity contribution in [3.63, 3.8) is 0 Å². The van der Waals surface area contributed by atoms with Crippen LogP contribution in [0.15, 0.2) is 66.3 Å². The van der Waals surface area contributed by atoms with E-state index < -0.39 is 23.2 Å². The lowest BCUT2D eigenvalue weighted by atomic mass is 10.0. The molecule has 0 aliphatic carbocycles. The number of nitrogens with zero attached hydrogens (tertiary/aromatic N) is 1. The summed E-state index contributed by atoms with van der Waals surface area (Å²) in [6, 6.07) is 12.7. The molecular weight excluding hydrogens is 470 g/mol. The summed E-state index contributed by atoms with van der Waals surface area (Å²) in [7, 11) is 6.07. The second-order valence-corrected chi connectivity index (χ2v) is 8.72. The molecule has 0 bridgehead atoms. The molecule has 2 aromatic carbocycles. The third kappa shape index (κ3) is 6.26. The highest BCUT2D eigenvalue weighted by Gasteiger charge is 2.27. The topological polar surface area (TPSA) is 104 Å². The summed E-state index contributed by atoms with van der Waals surface area (Å²) in [6.45, 7) is 0. The van der Waals surface area contributed by atoms with Crippen molar-refractivity contribution >= 4 is 23.2 Å². The first-order chi connectivity index (χ1) is 16.9. The Morgan fingerprint density at radius 3 is 2.11 bits per heavy atom. The molecule has 184 valence electrons. The smallest absolute Gasteiger partial charge is 0.226 e. The van der Waals surface area contributed by atoms with Crippen molar-refractivity contribution in [3.8, 4) is 23.0 Å². The van der Waals surface area contributed by atoms with Gasteiger partial charge in [0.1, 0.15) is 40.1 Å². The average Bonchev–Trinajstić information content (AvgIpc) is 2.87. The number of rotatable bonds is 11. The van der Waals surface area contributed by atoms with E-state index in [1.54, 1.807) is 79.5 Å². The summed E-state index contributed by atoms with van der Waals surface area (Å²) in [5, 5.41) is 13.6. The second kappa shape index (κ2) is 12.1. The van der Waals surface area contributed by atoms with Crippen molar-refractivity contribution in [1.29, 1.82) is 0 Å². The van der Waals surface area contributed by atoms with Crippen molar-refractivity contribution in [3.05, 3.63) is 83.0 Å². The largest absolute Gasteiger partial charge is 0.612 e. The van der Waals surface area contributed by atoms with Gasteiger partial charge in [-0.25, -0.2) is 0 Å². The van der Waals surface area contributed by atoms with Crippen LogP contribution >= 0.6 is 0 Å². The van der Waals surface area contributed by atoms with Crippen molar-refractivity contribution < 1.29 is 38.0 Å². The molecule has 2 atom stereocenters. The molecule has 0 spiro atoms. The second-order valence-electron chi connectivity index (χ2n) is 7.39. The van der Waals surface area contributed by atoms with Crippen LogP contribution in [0.1, 0.15) is 22.7 Å². The quantitative estimate of drug-likeness (QED) is 0.296. The van der Waals surface area contributed by atoms with Gasteiger partial charge in [-0.15, -0.1) is 0 Å². The average molecular weight is 498 g/mol. The number of carboxylic acids is 1. The molecule has 2 unspecified atom stereocenters. The number of hydrogen-bond acceptors (Lipinski definition) is 7. The van der Waals surface area contributed by atoms with E-state index in [1.807, 2.05) is 0 Å². The minimum absolute atomic E-state index is 0.160. The molecule has 0 aliphatic rings. The Labute approximate surface area is 207 Å². The van der Waals surface area contributed by atoms with Crippen LogP contribution in [-0.4, -0.2) is 39.0 Å². The van der Waals surface area contributed by atoms with E-state index in [-0.39, 0.29) is 5.75 Å². The number of pyridine rings is 1. The molecule has 0 saturated heterocycles. The number of hydrogen-bond donors (Lipinski definition) is 0. The predicted molar refractivity (Wildman–Crippen MR) is 130 cm³/mol. The SMILES string of the molecule is COc1cc(OC)c(C=C[S+]([O-])Cc2ccc(OC)c(C(C(=O)[O-])[n+]3ccccc3)c2)c(OC)c1. The Kier molecular flexibility index (Phi) is 8.99. The Morgan fingerprint density at radius 2 is 1.57 bits per heavy atom. The number of carbonyl (C=O) groups excluding carboxylic acids is 1. The van der Waals surface area contributed by atoms with Crippen molar-refractivity contribution in [2.24, 2.45) is 0 Å². The van der Waals surface area contributed by atoms with Gasteiger partial charge in [0.15, 0.2) is 12.4 Å². The van der Waals surface area contributed by atoms with Crippen LogP contribution in [0, 0.1) is 0 Å². The first kappa shape index (κ1) is 25.9. The fraction of sp³-hybridized carbons (Fsp3) is 0.231. The van der Waals surface area contributed by atoms with E-state index in [9.17, 15) is 14.5 Å². The van der Waals surface area contributed by atoms with Crippen LogP contribution in [0.4, 0.5) is 0 Å². The normalized spacial score (nSPS) is 12.7. The van der Waals surface area contributed by atoms with E-state index in [0.717, 1.165) is 0 Å². The lowest BCUT2D eigenvalue weighted by Gasteiger charge is -2.18. The van der Waals surface area contributed by atoms with Gasteiger partial charge in [0.2, 0.25) is 6.04 Å². The summed E-state index contributed by atoms with van der Waals surface area (Å²) in [5.74, 6) is 0.870. The Hall–Kier alpha value is -3.69. The molecule has 0 N–H and O–H groups in total. The van der Waals surface area contributed by atoms with E-state index in [1.165, 1.54) is 25.9 Å². The summed E-state index contributed by atoms with van der Waals surface area (Å²) < 4.78 is 35.9. The minimum Gasteiger partial charge on any atom is -0.612 e. The Morgan fingerprint density at radius 1 is 0.943 bits per heavy atom. The van der Waals surface area contributed by atoms with Gasteiger partial charge in [0.25, 0.3) is 0 Å². The van der Waals surface area contributed by atoms with Gasteiger partial charge < -0.3 is 33.4 Å². The number of ether oxygens (including phenoxy) is 4. The monoisotopic (exact) mass is 497 g/mol. The predicted octanol–water partition coefficient (Wildman–Crippen LogP) is 2.27. The zero-order chi connectivity index (χ0) is 25.4. The van der Waals surface area contributed by atoms with Crippen LogP contribution in [0.3, 0.4) is 0 Å². The summed E-state index contributed by atoms with van der Waals surface area (Å²) in [4.78, 5) is 12.0. The molecule has 0 amide bonds. The Balaban J connectivity index is 1.89. The molecule has 0 saturated carbocycles. The number of carbonyl (C=O) groups is 1. The maximum absolute atomic E-state index is 12.9. The highest BCUT2D eigenvalue weighted by Crippen LogP contribution is 2.35. The lowest BCUT2D eigenvalue weighted by Crippen LogP contribution is -2.49. The van der Waals surface area contributed by atoms with E-state index in [0.29, 0.717) is 39.7 Å². The third-order valence-corrected chi connectivity index (χ3v) is 6.35. The molecule has 0 aliphatic heterocycles. The standard InChI is InChI=1S/C26H27NO7S/c1-31-19-15-23(33-3)20(24(16-19)34-4)10-13-35(30)17-18-8-9-22(32-2)21(14-18)25(26(28)29)27-11-6-5-7-12-27/h5-16,25H,17H2,1-4H3. The molecular formula is C26H27NO7S.